The van der Waals surface area contributed by atoms with Crippen LogP contribution in [0.4, 0.5) is 0 Å². The van der Waals surface area contributed by atoms with Gasteiger partial charge in [-0.15, -0.1) is 0 Å². The van der Waals surface area contributed by atoms with E-state index < -0.39 is 5.60 Å². The Balaban J connectivity index is 2.13. The Bertz CT molecular complexity index is 349. The molecule has 0 aromatic heterocycles. The molecule has 3 aliphatic rings. The molecule has 0 saturated carbocycles. The lowest BCUT2D eigenvalue weighted by Gasteiger charge is -2.21. The van der Waals surface area contributed by atoms with Gasteiger partial charge in [0.15, 0.2) is 0 Å². The van der Waals surface area contributed by atoms with Gasteiger partial charge in [-0.1, -0.05) is 12.2 Å². The molecular weight excluding hydrogens is 170 g/mol. The van der Waals surface area contributed by atoms with Crippen LogP contribution >= 0.6 is 0 Å². The third kappa shape index (κ3) is 0.659. The van der Waals surface area contributed by atoms with Crippen LogP contribution in [-0.4, -0.2) is 23.5 Å². The summed E-state index contributed by atoms with van der Waals surface area (Å²) in [5.74, 6) is -0.977. The van der Waals surface area contributed by atoms with E-state index in [1.807, 2.05) is 19.1 Å². The molecular formula is C9H9NO3. The summed E-state index contributed by atoms with van der Waals surface area (Å²) in [7, 11) is 0. The second-order valence-corrected chi connectivity index (χ2v) is 3.98. The number of fused-ring (bicyclic) bond motifs is 5. The van der Waals surface area contributed by atoms with Crippen LogP contribution < -0.4 is 5.32 Å². The van der Waals surface area contributed by atoms with Crippen LogP contribution in [-0.2, 0) is 14.3 Å². The summed E-state index contributed by atoms with van der Waals surface area (Å²) in [4.78, 5) is 22.8. The van der Waals surface area contributed by atoms with E-state index in [-0.39, 0.29) is 29.8 Å². The van der Waals surface area contributed by atoms with E-state index >= 15 is 0 Å². The van der Waals surface area contributed by atoms with Gasteiger partial charge in [-0.25, -0.2) is 0 Å². The average molecular weight is 179 g/mol. The van der Waals surface area contributed by atoms with Crippen molar-refractivity contribution in [3.63, 3.8) is 0 Å². The van der Waals surface area contributed by atoms with E-state index in [1.54, 1.807) is 0 Å². The summed E-state index contributed by atoms with van der Waals surface area (Å²) < 4.78 is 5.57. The number of rotatable bonds is 0. The third-order valence-corrected chi connectivity index (χ3v) is 3.17. The Kier molecular flexibility index (Phi) is 1.03. The summed E-state index contributed by atoms with van der Waals surface area (Å²) in [5.41, 5.74) is -0.550. The van der Waals surface area contributed by atoms with Gasteiger partial charge in [0.25, 0.3) is 0 Å². The van der Waals surface area contributed by atoms with Gasteiger partial charge in [-0.3, -0.25) is 14.9 Å². The van der Waals surface area contributed by atoms with E-state index in [2.05, 4.69) is 5.32 Å². The molecule has 0 unspecified atom stereocenters. The van der Waals surface area contributed by atoms with Gasteiger partial charge >= 0.3 is 0 Å². The highest BCUT2D eigenvalue weighted by Crippen LogP contribution is 2.48. The topological polar surface area (TPSA) is 55.4 Å². The molecule has 4 heteroatoms. The number of amides is 2. The van der Waals surface area contributed by atoms with Gasteiger partial charge in [-0.2, -0.15) is 0 Å². The van der Waals surface area contributed by atoms with Crippen LogP contribution in [0.3, 0.4) is 0 Å². The highest BCUT2D eigenvalue weighted by molar-refractivity contribution is 6.07. The number of nitrogens with one attached hydrogen (secondary N) is 1. The van der Waals surface area contributed by atoms with Crippen LogP contribution in [0.25, 0.3) is 0 Å². The number of hydrogen-bond donors (Lipinski definition) is 1. The molecule has 2 saturated heterocycles. The first-order chi connectivity index (χ1) is 6.12. The van der Waals surface area contributed by atoms with Crippen LogP contribution in [0.15, 0.2) is 12.2 Å². The molecule has 1 N–H and O–H groups in total. The monoisotopic (exact) mass is 179 g/mol. The van der Waals surface area contributed by atoms with Gasteiger partial charge in [0.05, 0.1) is 23.5 Å². The molecule has 4 nitrogen and oxygen atoms in total. The number of carbonyl (C=O) groups is 2. The normalized spacial score (nSPS) is 51.3. The first-order valence-electron chi connectivity index (χ1n) is 4.34. The number of hydrogen-bond acceptors (Lipinski definition) is 3. The molecule has 0 radical (unpaired) electrons. The van der Waals surface area contributed by atoms with Crippen molar-refractivity contribution in [1.29, 1.82) is 0 Å². The van der Waals surface area contributed by atoms with E-state index in [9.17, 15) is 9.59 Å². The van der Waals surface area contributed by atoms with Crippen molar-refractivity contribution >= 4 is 11.8 Å². The number of imide groups is 1. The highest BCUT2D eigenvalue weighted by Gasteiger charge is 2.63. The van der Waals surface area contributed by atoms with Crippen molar-refractivity contribution in [1.82, 2.24) is 5.32 Å². The Morgan fingerprint density at radius 1 is 1.46 bits per heavy atom. The SMILES string of the molecule is C[C@@]12C=C[C@@H](O1)[C@@H]1C(=O)NC(=O)[C@@H]12. The predicted molar refractivity (Wildman–Crippen MR) is 42.5 cm³/mol. The van der Waals surface area contributed by atoms with E-state index in [1.165, 1.54) is 0 Å². The summed E-state index contributed by atoms with van der Waals surface area (Å²) in [6.45, 7) is 1.85. The summed E-state index contributed by atoms with van der Waals surface area (Å²) >= 11 is 0. The Hall–Kier alpha value is -1.16. The number of carbonyl (C=O) groups excluding carboxylic acids is 2. The Morgan fingerprint density at radius 3 is 2.92 bits per heavy atom. The minimum absolute atomic E-state index is 0.187. The van der Waals surface area contributed by atoms with E-state index in [4.69, 9.17) is 4.74 Å². The Labute approximate surface area is 74.9 Å². The fourth-order valence-electron chi connectivity index (χ4n) is 2.58. The molecule has 0 aromatic carbocycles. The minimum atomic E-state index is -0.550. The molecule has 13 heavy (non-hydrogen) atoms. The lowest BCUT2D eigenvalue weighted by Crippen LogP contribution is -2.36. The molecule has 2 amide bonds. The molecule has 68 valence electrons. The maximum absolute atomic E-state index is 11.4. The lowest BCUT2D eigenvalue weighted by atomic mass is 9.78. The zero-order valence-corrected chi connectivity index (χ0v) is 7.11. The van der Waals surface area contributed by atoms with Gasteiger partial charge in [0.1, 0.15) is 0 Å². The third-order valence-electron chi connectivity index (χ3n) is 3.17. The zero-order valence-electron chi connectivity index (χ0n) is 7.11. The van der Waals surface area contributed by atoms with Crippen molar-refractivity contribution in [2.45, 2.75) is 18.6 Å². The molecule has 2 fully saturated rings. The van der Waals surface area contributed by atoms with Crippen molar-refractivity contribution in [2.24, 2.45) is 11.8 Å². The van der Waals surface area contributed by atoms with Crippen LogP contribution in [0, 0.1) is 11.8 Å². The van der Waals surface area contributed by atoms with E-state index in [0.29, 0.717) is 0 Å². The first kappa shape index (κ1) is 7.26. The highest BCUT2D eigenvalue weighted by atomic mass is 16.5. The van der Waals surface area contributed by atoms with Crippen molar-refractivity contribution in [2.75, 3.05) is 0 Å². The van der Waals surface area contributed by atoms with Gasteiger partial charge in [-0.05, 0) is 6.92 Å². The maximum Gasteiger partial charge on any atom is 0.233 e. The fourth-order valence-corrected chi connectivity index (χ4v) is 2.58. The molecule has 4 atom stereocenters. The summed E-state index contributed by atoms with van der Waals surface area (Å²) in [5, 5.41) is 2.35. The molecule has 0 aromatic rings. The zero-order chi connectivity index (χ0) is 9.22. The van der Waals surface area contributed by atoms with Gasteiger partial charge in [0, 0.05) is 0 Å². The fraction of sp³-hybridized carbons (Fsp3) is 0.556. The molecule has 3 aliphatic heterocycles. The smallest absolute Gasteiger partial charge is 0.233 e. The quantitative estimate of drug-likeness (QED) is 0.406. The molecule has 0 aliphatic carbocycles. The molecule has 2 bridgehead atoms. The maximum atomic E-state index is 11.4. The second kappa shape index (κ2) is 1.85. The predicted octanol–water partition coefficient (Wildman–Crippen LogP) is -0.398. The largest absolute Gasteiger partial charge is 0.362 e. The van der Waals surface area contributed by atoms with Gasteiger partial charge in [0.2, 0.25) is 11.8 Å². The van der Waals surface area contributed by atoms with Crippen LogP contribution in [0.2, 0.25) is 0 Å². The molecule has 3 heterocycles. The van der Waals surface area contributed by atoms with Crippen molar-refractivity contribution in [3.05, 3.63) is 12.2 Å². The standard InChI is InChI=1S/C9H9NO3/c1-9-3-2-4(13-9)5-6(9)8(12)10-7(5)11/h2-6H,1H3,(H,10,11,12)/t4-,5+,6-,9+/m1/s1. The number of ether oxygens (including phenoxy) is 1. The minimum Gasteiger partial charge on any atom is -0.362 e. The van der Waals surface area contributed by atoms with Crippen LogP contribution in [0.5, 0.6) is 0 Å². The Morgan fingerprint density at radius 2 is 2.23 bits per heavy atom. The first-order valence-corrected chi connectivity index (χ1v) is 4.34. The lowest BCUT2D eigenvalue weighted by molar-refractivity contribution is -0.129. The molecule has 0 spiro atoms. The van der Waals surface area contributed by atoms with E-state index in [0.717, 1.165) is 0 Å². The molecule has 3 rings (SSSR count). The summed E-state index contributed by atoms with van der Waals surface area (Å²) in [6, 6.07) is 0. The van der Waals surface area contributed by atoms with Crippen molar-refractivity contribution in [3.8, 4) is 0 Å². The van der Waals surface area contributed by atoms with Crippen LogP contribution in [0.1, 0.15) is 6.92 Å². The van der Waals surface area contributed by atoms with Crippen molar-refractivity contribution < 1.29 is 14.3 Å². The average Bonchev–Trinajstić information content (AvgIpc) is 2.62. The summed E-state index contributed by atoms with van der Waals surface area (Å²) in [6.07, 6.45) is 3.57. The second-order valence-electron chi connectivity index (χ2n) is 3.98. The van der Waals surface area contributed by atoms with Gasteiger partial charge < -0.3 is 4.74 Å².